The molecule has 0 saturated heterocycles. The van der Waals surface area contributed by atoms with Crippen LogP contribution in [0.2, 0.25) is 0 Å². The molecule has 0 amide bonds. The fourth-order valence-electron chi connectivity index (χ4n) is 1.09. The lowest BCUT2D eigenvalue weighted by Gasteiger charge is -2.01. The highest BCUT2D eigenvalue weighted by Gasteiger charge is 2.14. The largest absolute Gasteiger partial charge is 0.293 e. The quantitative estimate of drug-likeness (QED) is 0.737. The first-order chi connectivity index (χ1) is 6.79. The van der Waals surface area contributed by atoms with Gasteiger partial charge in [0.1, 0.15) is 11.6 Å². The van der Waals surface area contributed by atoms with Crippen molar-refractivity contribution in [3.63, 3.8) is 0 Å². The molecular formula is C10H11FO3S. The standard InChI is InChI=1S/C10H11FO3S/c1-7-3-4-8(5-9(7)11)10(12)6-15(2,13)14/h3-5H,6H2,1-2H3. The van der Waals surface area contributed by atoms with Gasteiger partial charge in [0.2, 0.25) is 0 Å². The van der Waals surface area contributed by atoms with Crippen LogP contribution in [-0.2, 0) is 9.84 Å². The zero-order valence-electron chi connectivity index (χ0n) is 8.45. The number of halogens is 1. The van der Waals surface area contributed by atoms with E-state index in [2.05, 4.69) is 0 Å². The number of sulfone groups is 1. The van der Waals surface area contributed by atoms with Crippen molar-refractivity contribution >= 4 is 15.6 Å². The molecule has 15 heavy (non-hydrogen) atoms. The Morgan fingerprint density at radius 3 is 2.47 bits per heavy atom. The van der Waals surface area contributed by atoms with E-state index in [0.717, 1.165) is 12.3 Å². The molecule has 0 unspecified atom stereocenters. The topological polar surface area (TPSA) is 51.2 Å². The van der Waals surface area contributed by atoms with Crippen LogP contribution in [0.3, 0.4) is 0 Å². The lowest BCUT2D eigenvalue weighted by molar-refractivity contribution is 0.102. The van der Waals surface area contributed by atoms with E-state index < -0.39 is 27.2 Å². The Labute approximate surface area is 87.8 Å². The molecule has 3 nitrogen and oxygen atoms in total. The van der Waals surface area contributed by atoms with Crippen LogP contribution in [0.15, 0.2) is 18.2 Å². The zero-order valence-corrected chi connectivity index (χ0v) is 9.27. The van der Waals surface area contributed by atoms with E-state index in [1.807, 2.05) is 0 Å². The highest BCUT2D eigenvalue weighted by atomic mass is 32.2. The minimum atomic E-state index is -3.37. The van der Waals surface area contributed by atoms with E-state index in [1.165, 1.54) is 12.1 Å². The van der Waals surface area contributed by atoms with Crippen LogP contribution in [0, 0.1) is 12.7 Å². The smallest absolute Gasteiger partial charge is 0.177 e. The Morgan fingerprint density at radius 1 is 1.40 bits per heavy atom. The molecule has 0 heterocycles. The van der Waals surface area contributed by atoms with Crippen LogP contribution in [0.4, 0.5) is 4.39 Å². The zero-order chi connectivity index (χ0) is 11.6. The van der Waals surface area contributed by atoms with Crippen LogP contribution in [0.1, 0.15) is 15.9 Å². The third kappa shape index (κ3) is 3.43. The molecule has 1 aromatic carbocycles. The third-order valence-corrected chi connectivity index (χ3v) is 2.67. The molecule has 0 N–H and O–H groups in total. The van der Waals surface area contributed by atoms with Gasteiger partial charge in [0.25, 0.3) is 0 Å². The molecule has 1 rings (SSSR count). The van der Waals surface area contributed by atoms with Crippen molar-refractivity contribution in [2.45, 2.75) is 6.92 Å². The summed E-state index contributed by atoms with van der Waals surface area (Å²) in [5, 5.41) is 0. The average Bonchev–Trinajstić information content (AvgIpc) is 2.06. The second-order valence-electron chi connectivity index (χ2n) is 3.46. The molecule has 0 aromatic heterocycles. The summed E-state index contributed by atoms with van der Waals surface area (Å²) in [6.07, 6.45) is 0.968. The first-order valence-electron chi connectivity index (χ1n) is 4.26. The predicted octanol–water partition coefficient (Wildman–Crippen LogP) is 1.36. The molecule has 0 aliphatic heterocycles. The van der Waals surface area contributed by atoms with Gasteiger partial charge in [0.15, 0.2) is 15.6 Å². The molecule has 0 radical (unpaired) electrons. The summed E-state index contributed by atoms with van der Waals surface area (Å²) in [6, 6.07) is 3.93. The molecule has 0 spiro atoms. The molecule has 5 heteroatoms. The lowest BCUT2D eigenvalue weighted by Crippen LogP contribution is -2.14. The van der Waals surface area contributed by atoms with Gasteiger partial charge in [-0.15, -0.1) is 0 Å². The van der Waals surface area contributed by atoms with Gasteiger partial charge >= 0.3 is 0 Å². The average molecular weight is 230 g/mol. The van der Waals surface area contributed by atoms with Crippen molar-refractivity contribution in [2.75, 3.05) is 12.0 Å². The number of hydrogen-bond acceptors (Lipinski definition) is 3. The summed E-state index contributed by atoms with van der Waals surface area (Å²) in [5.74, 6) is -1.68. The molecule has 82 valence electrons. The summed E-state index contributed by atoms with van der Waals surface area (Å²) in [4.78, 5) is 11.4. The molecule has 0 fully saturated rings. The Hall–Kier alpha value is -1.23. The second-order valence-corrected chi connectivity index (χ2v) is 5.60. The first-order valence-corrected chi connectivity index (χ1v) is 6.33. The summed E-state index contributed by atoms with van der Waals surface area (Å²) < 4.78 is 34.8. The normalized spacial score (nSPS) is 11.4. The Kier molecular flexibility index (Phi) is 3.24. The molecule has 0 atom stereocenters. The summed E-state index contributed by atoms with van der Waals surface area (Å²) in [5.41, 5.74) is 0.509. The van der Waals surface area contributed by atoms with Crippen LogP contribution < -0.4 is 0 Å². The fraction of sp³-hybridized carbons (Fsp3) is 0.300. The predicted molar refractivity (Wildman–Crippen MR) is 55.2 cm³/mol. The number of rotatable bonds is 3. The van der Waals surface area contributed by atoms with Gasteiger partial charge in [-0.2, -0.15) is 0 Å². The Morgan fingerprint density at radius 2 is 2.00 bits per heavy atom. The Balaban J connectivity index is 2.98. The number of Topliss-reactive ketones (excluding diaryl/α,β-unsaturated/α-hetero) is 1. The van der Waals surface area contributed by atoms with Gasteiger partial charge < -0.3 is 0 Å². The second kappa shape index (κ2) is 4.10. The van der Waals surface area contributed by atoms with E-state index in [-0.39, 0.29) is 5.56 Å². The van der Waals surface area contributed by atoms with Gasteiger partial charge in [-0.25, -0.2) is 12.8 Å². The highest BCUT2D eigenvalue weighted by molar-refractivity contribution is 7.91. The van der Waals surface area contributed by atoms with Crippen molar-refractivity contribution in [2.24, 2.45) is 0 Å². The number of carbonyl (C=O) groups excluding carboxylic acids is 1. The molecule has 0 aliphatic rings. The van der Waals surface area contributed by atoms with Crippen LogP contribution in [0.25, 0.3) is 0 Å². The van der Waals surface area contributed by atoms with Gasteiger partial charge in [-0.05, 0) is 18.6 Å². The highest BCUT2D eigenvalue weighted by Crippen LogP contribution is 2.10. The third-order valence-electron chi connectivity index (χ3n) is 1.89. The summed E-state index contributed by atoms with van der Waals surface area (Å²) >= 11 is 0. The maximum atomic E-state index is 13.1. The van der Waals surface area contributed by atoms with Crippen molar-refractivity contribution < 1.29 is 17.6 Å². The first kappa shape index (κ1) is 11.8. The number of carbonyl (C=O) groups is 1. The van der Waals surface area contributed by atoms with E-state index in [0.29, 0.717) is 5.56 Å². The molecule has 1 aromatic rings. The van der Waals surface area contributed by atoms with E-state index in [1.54, 1.807) is 6.92 Å². The number of aryl methyl sites for hydroxylation is 1. The van der Waals surface area contributed by atoms with Gasteiger partial charge in [-0.3, -0.25) is 4.79 Å². The Bertz CT molecular complexity index is 491. The van der Waals surface area contributed by atoms with Crippen molar-refractivity contribution in [3.05, 3.63) is 35.1 Å². The van der Waals surface area contributed by atoms with E-state index in [4.69, 9.17) is 0 Å². The molecular weight excluding hydrogens is 219 g/mol. The van der Waals surface area contributed by atoms with Gasteiger partial charge in [0, 0.05) is 11.8 Å². The molecule has 0 bridgehead atoms. The SMILES string of the molecule is Cc1ccc(C(=O)CS(C)(=O)=O)cc1F. The maximum absolute atomic E-state index is 13.1. The van der Waals surface area contributed by atoms with Crippen molar-refractivity contribution in [1.82, 2.24) is 0 Å². The molecule has 0 saturated carbocycles. The van der Waals surface area contributed by atoms with Gasteiger partial charge in [0.05, 0.1) is 0 Å². The maximum Gasteiger partial charge on any atom is 0.177 e. The lowest BCUT2D eigenvalue weighted by atomic mass is 10.1. The van der Waals surface area contributed by atoms with Crippen LogP contribution >= 0.6 is 0 Å². The van der Waals surface area contributed by atoms with Gasteiger partial charge in [-0.1, -0.05) is 12.1 Å². The minimum Gasteiger partial charge on any atom is -0.293 e. The minimum absolute atomic E-state index is 0.0866. The van der Waals surface area contributed by atoms with Crippen LogP contribution in [0.5, 0.6) is 0 Å². The van der Waals surface area contributed by atoms with E-state index in [9.17, 15) is 17.6 Å². The fourth-order valence-corrected chi connectivity index (χ4v) is 1.73. The molecule has 0 aliphatic carbocycles. The number of hydrogen-bond donors (Lipinski definition) is 0. The van der Waals surface area contributed by atoms with Crippen LogP contribution in [-0.4, -0.2) is 26.2 Å². The van der Waals surface area contributed by atoms with Crippen molar-refractivity contribution in [1.29, 1.82) is 0 Å². The monoisotopic (exact) mass is 230 g/mol. The van der Waals surface area contributed by atoms with E-state index >= 15 is 0 Å². The summed E-state index contributed by atoms with van der Waals surface area (Å²) in [7, 11) is -3.37. The number of benzene rings is 1. The summed E-state index contributed by atoms with van der Waals surface area (Å²) in [6.45, 7) is 1.57. The number of ketones is 1. The van der Waals surface area contributed by atoms with Crippen molar-refractivity contribution in [3.8, 4) is 0 Å².